The van der Waals surface area contributed by atoms with Crippen LogP contribution in [0.15, 0.2) is 60.7 Å². The van der Waals surface area contributed by atoms with Gasteiger partial charge in [0, 0.05) is 5.56 Å². The number of carbonyl (C=O) groups is 2. The lowest BCUT2D eigenvalue weighted by molar-refractivity contribution is -0.154. The van der Waals surface area contributed by atoms with Crippen molar-refractivity contribution in [3.63, 3.8) is 0 Å². The highest BCUT2D eigenvalue weighted by molar-refractivity contribution is 5.84. The lowest BCUT2D eigenvalue weighted by atomic mass is 10.1. The molecule has 0 heterocycles. The summed E-state index contributed by atoms with van der Waals surface area (Å²) in [6, 6.07) is 17.9. The Morgan fingerprint density at radius 3 is 2.05 bits per heavy atom. The van der Waals surface area contributed by atoms with E-state index in [1.54, 1.807) is 24.3 Å². The Labute approximate surface area is 117 Å². The molecule has 1 atom stereocenters. The topological polar surface area (TPSA) is 69.4 Å². The zero-order valence-electron chi connectivity index (χ0n) is 10.9. The lowest BCUT2D eigenvalue weighted by Crippen LogP contribution is -2.26. The number of esters is 1. The third-order valence-electron chi connectivity index (χ3n) is 2.80. The normalized spacial score (nSPS) is 11.6. The molecule has 20 heavy (non-hydrogen) atoms. The van der Waals surface area contributed by atoms with Crippen molar-refractivity contribution in [2.24, 2.45) is 5.73 Å². The molecule has 2 aromatic carbocycles. The van der Waals surface area contributed by atoms with Crippen LogP contribution in [0.3, 0.4) is 0 Å². The van der Waals surface area contributed by atoms with E-state index in [4.69, 9.17) is 10.5 Å². The molecule has 0 aliphatic carbocycles. The van der Waals surface area contributed by atoms with Gasteiger partial charge in [0.1, 0.15) is 0 Å². The van der Waals surface area contributed by atoms with Crippen LogP contribution in [0.1, 0.15) is 17.2 Å². The van der Waals surface area contributed by atoms with Crippen molar-refractivity contribution in [1.29, 1.82) is 0 Å². The van der Waals surface area contributed by atoms with Crippen LogP contribution >= 0.6 is 0 Å². The van der Waals surface area contributed by atoms with Crippen LogP contribution in [0.4, 0.5) is 0 Å². The van der Waals surface area contributed by atoms with Gasteiger partial charge < -0.3 is 10.5 Å². The van der Waals surface area contributed by atoms with Crippen molar-refractivity contribution in [1.82, 2.24) is 0 Å². The lowest BCUT2D eigenvalue weighted by Gasteiger charge is -2.15. The second-order valence-electron chi connectivity index (χ2n) is 4.35. The van der Waals surface area contributed by atoms with Crippen molar-refractivity contribution >= 4 is 11.9 Å². The maximum Gasteiger partial charge on any atom is 0.311 e. The van der Waals surface area contributed by atoms with Gasteiger partial charge in [-0.15, -0.1) is 0 Å². The summed E-state index contributed by atoms with van der Waals surface area (Å²) < 4.78 is 5.19. The van der Waals surface area contributed by atoms with Crippen LogP contribution in [0.5, 0.6) is 0 Å². The Bertz CT molecular complexity index is 581. The first-order chi connectivity index (χ1) is 9.66. The molecular formula is C16H15NO3. The van der Waals surface area contributed by atoms with Gasteiger partial charge in [0.2, 0.25) is 6.10 Å². The van der Waals surface area contributed by atoms with Gasteiger partial charge in [0.05, 0.1) is 6.42 Å². The summed E-state index contributed by atoms with van der Waals surface area (Å²) in [6.45, 7) is 0. The quantitative estimate of drug-likeness (QED) is 0.844. The Balaban J connectivity index is 2.06. The standard InChI is InChI=1S/C16H15NO3/c17-16(19)15(13-9-5-2-6-10-13)20-14(18)11-12-7-3-1-4-8-12/h1-10,15H,11H2,(H2,17,19). The van der Waals surface area contributed by atoms with Crippen molar-refractivity contribution in [2.45, 2.75) is 12.5 Å². The molecule has 0 saturated carbocycles. The van der Waals surface area contributed by atoms with Gasteiger partial charge in [-0.1, -0.05) is 60.7 Å². The van der Waals surface area contributed by atoms with Gasteiger partial charge in [-0.2, -0.15) is 0 Å². The minimum atomic E-state index is -1.05. The van der Waals surface area contributed by atoms with E-state index in [2.05, 4.69) is 0 Å². The Morgan fingerprint density at radius 2 is 1.50 bits per heavy atom. The molecule has 0 fully saturated rings. The number of nitrogens with two attached hydrogens (primary N) is 1. The van der Waals surface area contributed by atoms with E-state index < -0.39 is 18.0 Å². The van der Waals surface area contributed by atoms with E-state index in [1.807, 2.05) is 36.4 Å². The van der Waals surface area contributed by atoms with Crippen LogP contribution < -0.4 is 5.73 Å². The first-order valence-electron chi connectivity index (χ1n) is 6.24. The number of rotatable bonds is 5. The summed E-state index contributed by atoms with van der Waals surface area (Å²) in [4.78, 5) is 23.3. The molecule has 0 aliphatic heterocycles. The minimum absolute atomic E-state index is 0.109. The molecule has 0 aromatic heterocycles. The molecule has 0 radical (unpaired) electrons. The van der Waals surface area contributed by atoms with Crippen LogP contribution in [0.25, 0.3) is 0 Å². The number of amides is 1. The van der Waals surface area contributed by atoms with E-state index >= 15 is 0 Å². The molecule has 0 spiro atoms. The second-order valence-corrected chi connectivity index (χ2v) is 4.35. The van der Waals surface area contributed by atoms with E-state index in [0.29, 0.717) is 5.56 Å². The molecule has 2 rings (SSSR count). The van der Waals surface area contributed by atoms with Crippen molar-refractivity contribution < 1.29 is 14.3 Å². The Hall–Kier alpha value is -2.62. The smallest absolute Gasteiger partial charge is 0.311 e. The molecule has 0 aliphatic rings. The molecule has 2 N–H and O–H groups in total. The highest BCUT2D eigenvalue weighted by Crippen LogP contribution is 2.17. The minimum Gasteiger partial charge on any atom is -0.447 e. The predicted octanol–water partition coefficient (Wildman–Crippen LogP) is 2.00. The molecular weight excluding hydrogens is 254 g/mol. The summed E-state index contributed by atoms with van der Waals surface area (Å²) in [6.07, 6.45) is -0.940. The summed E-state index contributed by atoms with van der Waals surface area (Å²) in [5, 5.41) is 0. The molecule has 2 aromatic rings. The van der Waals surface area contributed by atoms with E-state index in [1.165, 1.54) is 0 Å². The predicted molar refractivity (Wildman–Crippen MR) is 74.6 cm³/mol. The average Bonchev–Trinajstić information content (AvgIpc) is 2.46. The summed E-state index contributed by atoms with van der Waals surface area (Å²) >= 11 is 0. The fraction of sp³-hybridized carbons (Fsp3) is 0.125. The number of benzene rings is 2. The summed E-state index contributed by atoms with van der Waals surface area (Å²) in [5.74, 6) is -1.17. The van der Waals surface area contributed by atoms with Crippen LogP contribution in [-0.4, -0.2) is 11.9 Å². The van der Waals surface area contributed by atoms with E-state index in [0.717, 1.165) is 5.56 Å². The SMILES string of the molecule is NC(=O)C(OC(=O)Cc1ccccc1)c1ccccc1. The van der Waals surface area contributed by atoms with Gasteiger partial charge in [0.15, 0.2) is 0 Å². The van der Waals surface area contributed by atoms with Gasteiger partial charge in [-0.3, -0.25) is 9.59 Å². The zero-order chi connectivity index (χ0) is 14.4. The number of ether oxygens (including phenoxy) is 1. The average molecular weight is 269 g/mol. The number of hydrogen-bond donors (Lipinski definition) is 1. The third-order valence-corrected chi connectivity index (χ3v) is 2.80. The van der Waals surface area contributed by atoms with Gasteiger partial charge >= 0.3 is 5.97 Å². The molecule has 4 nitrogen and oxygen atoms in total. The molecule has 0 bridgehead atoms. The van der Waals surface area contributed by atoms with Gasteiger partial charge in [0.25, 0.3) is 5.91 Å². The molecule has 1 unspecified atom stereocenters. The maximum absolute atomic E-state index is 11.9. The van der Waals surface area contributed by atoms with Crippen LogP contribution in [0.2, 0.25) is 0 Å². The van der Waals surface area contributed by atoms with Crippen LogP contribution in [-0.2, 0) is 20.7 Å². The first kappa shape index (κ1) is 13.8. The van der Waals surface area contributed by atoms with Gasteiger partial charge in [-0.25, -0.2) is 0 Å². The number of carbonyl (C=O) groups excluding carboxylic acids is 2. The zero-order valence-corrected chi connectivity index (χ0v) is 10.9. The van der Waals surface area contributed by atoms with Crippen LogP contribution in [0, 0.1) is 0 Å². The van der Waals surface area contributed by atoms with E-state index in [9.17, 15) is 9.59 Å². The molecule has 4 heteroatoms. The largest absolute Gasteiger partial charge is 0.447 e. The summed E-state index contributed by atoms with van der Waals surface area (Å²) in [7, 11) is 0. The summed E-state index contributed by atoms with van der Waals surface area (Å²) in [5.41, 5.74) is 6.69. The second kappa shape index (κ2) is 6.52. The highest BCUT2D eigenvalue weighted by atomic mass is 16.5. The van der Waals surface area contributed by atoms with Crippen molar-refractivity contribution in [2.75, 3.05) is 0 Å². The highest BCUT2D eigenvalue weighted by Gasteiger charge is 2.22. The fourth-order valence-corrected chi connectivity index (χ4v) is 1.85. The van der Waals surface area contributed by atoms with E-state index in [-0.39, 0.29) is 6.42 Å². The molecule has 1 amide bonds. The first-order valence-corrected chi connectivity index (χ1v) is 6.24. The van der Waals surface area contributed by atoms with Crippen molar-refractivity contribution in [3.8, 4) is 0 Å². The number of primary amides is 1. The monoisotopic (exact) mass is 269 g/mol. The van der Waals surface area contributed by atoms with Gasteiger partial charge in [-0.05, 0) is 5.56 Å². The molecule has 0 saturated heterocycles. The molecule has 102 valence electrons. The fourth-order valence-electron chi connectivity index (χ4n) is 1.85. The Morgan fingerprint density at radius 1 is 0.950 bits per heavy atom. The third kappa shape index (κ3) is 3.68. The number of hydrogen-bond acceptors (Lipinski definition) is 3. The Kier molecular flexibility index (Phi) is 4.50. The van der Waals surface area contributed by atoms with Crippen molar-refractivity contribution in [3.05, 3.63) is 71.8 Å². The maximum atomic E-state index is 11.9.